The number of quaternary nitrogens is 1. The lowest BCUT2D eigenvalue weighted by molar-refractivity contribution is -0.676. The Kier molecular flexibility index (Phi) is 8.48. The fourth-order valence-electron chi connectivity index (χ4n) is 2.91. The van der Waals surface area contributed by atoms with Crippen LogP contribution < -0.4 is 10.6 Å². The summed E-state index contributed by atoms with van der Waals surface area (Å²) >= 11 is 1.70. The average Bonchev–Trinajstić information content (AvgIpc) is 3.21. The van der Waals surface area contributed by atoms with Crippen LogP contribution in [-0.4, -0.2) is 43.9 Å². The number of rotatable bonds is 10. The summed E-state index contributed by atoms with van der Waals surface area (Å²) in [4.78, 5) is 26.5. The van der Waals surface area contributed by atoms with Gasteiger partial charge in [0.2, 0.25) is 5.91 Å². The monoisotopic (exact) mass is 388 g/mol. The Balaban J connectivity index is 2.05. The summed E-state index contributed by atoms with van der Waals surface area (Å²) in [6.07, 6.45) is 3.50. The second-order valence-corrected chi connectivity index (χ2v) is 7.68. The minimum Gasteiger partial charge on any atom is -0.358 e. The fourth-order valence-corrected chi connectivity index (χ4v) is 3.76. The first-order chi connectivity index (χ1) is 13.0. The number of benzene rings is 1. The lowest BCUT2D eigenvalue weighted by Crippen LogP contribution is -2.87. The quantitative estimate of drug-likeness (QED) is 0.653. The van der Waals surface area contributed by atoms with Crippen molar-refractivity contribution in [2.75, 3.05) is 27.2 Å². The minimum absolute atomic E-state index is 0.0558. The third kappa shape index (κ3) is 6.48. The van der Waals surface area contributed by atoms with Gasteiger partial charge in [-0.15, -0.1) is 11.3 Å². The van der Waals surface area contributed by atoms with Crippen molar-refractivity contribution in [2.24, 2.45) is 0 Å². The van der Waals surface area contributed by atoms with Crippen molar-refractivity contribution in [3.05, 3.63) is 57.8 Å². The molecule has 2 rings (SSSR count). The van der Waals surface area contributed by atoms with Crippen molar-refractivity contribution < 1.29 is 14.9 Å². The molecule has 0 radical (unpaired) electrons. The van der Waals surface area contributed by atoms with E-state index in [0.29, 0.717) is 6.54 Å². The number of amides is 2. The zero-order chi connectivity index (χ0) is 19.6. The number of nitrogens with two attached hydrogens (primary N) is 1. The van der Waals surface area contributed by atoms with Crippen LogP contribution in [-0.2, 0) is 16.0 Å². The lowest BCUT2D eigenvalue weighted by Gasteiger charge is -2.19. The standard InChI is InChI=1S/C21H29N3O2S/c1-4-5-7-16-9-11-17(12-10-16)21(18-8-6-13-27-18)23-14-20(26)24(3)15-19(25)22-2/h6,8-13,21,23H,4-5,7,14-15H2,1-3H3,(H,22,25)/p+1/t21-/m0/s1. The van der Waals surface area contributed by atoms with Gasteiger partial charge in [0.15, 0.2) is 6.54 Å². The van der Waals surface area contributed by atoms with Gasteiger partial charge in [-0.1, -0.05) is 43.7 Å². The molecular formula is C21H30N3O2S+. The molecular weight excluding hydrogens is 358 g/mol. The summed E-state index contributed by atoms with van der Waals surface area (Å²) < 4.78 is 0. The first-order valence-electron chi connectivity index (χ1n) is 9.45. The first-order valence-corrected chi connectivity index (χ1v) is 10.3. The first kappa shape index (κ1) is 21.1. The molecule has 3 N–H and O–H groups in total. The molecule has 0 aliphatic rings. The van der Waals surface area contributed by atoms with E-state index in [1.54, 1.807) is 25.4 Å². The lowest BCUT2D eigenvalue weighted by atomic mass is 10.0. The molecule has 0 aliphatic carbocycles. The van der Waals surface area contributed by atoms with E-state index in [-0.39, 0.29) is 24.4 Å². The van der Waals surface area contributed by atoms with E-state index >= 15 is 0 Å². The van der Waals surface area contributed by atoms with Gasteiger partial charge in [-0.05, 0) is 29.9 Å². The zero-order valence-electron chi connectivity index (χ0n) is 16.4. The van der Waals surface area contributed by atoms with E-state index in [0.717, 1.165) is 6.42 Å². The molecule has 2 aromatic rings. The number of thiophene rings is 1. The summed E-state index contributed by atoms with van der Waals surface area (Å²) in [5.74, 6) is -0.219. The van der Waals surface area contributed by atoms with Crippen LogP contribution in [0.25, 0.3) is 0 Å². The van der Waals surface area contributed by atoms with Gasteiger partial charge in [-0.3, -0.25) is 9.59 Å². The highest BCUT2D eigenvalue weighted by molar-refractivity contribution is 7.10. The molecule has 0 saturated carbocycles. The van der Waals surface area contributed by atoms with Crippen molar-refractivity contribution in [3.63, 3.8) is 0 Å². The maximum absolute atomic E-state index is 12.4. The molecule has 0 bridgehead atoms. The summed E-state index contributed by atoms with van der Waals surface area (Å²) in [6, 6.07) is 13.0. The Bertz CT molecular complexity index is 714. The molecule has 1 aromatic heterocycles. The molecule has 1 atom stereocenters. The van der Waals surface area contributed by atoms with Gasteiger partial charge in [0, 0.05) is 19.7 Å². The maximum Gasteiger partial charge on any atom is 0.277 e. The molecule has 0 unspecified atom stereocenters. The normalized spacial score (nSPS) is 11.8. The molecule has 1 heterocycles. The molecule has 27 heavy (non-hydrogen) atoms. The zero-order valence-corrected chi connectivity index (χ0v) is 17.2. The third-order valence-corrected chi connectivity index (χ3v) is 5.58. The number of aryl methyl sites for hydroxylation is 1. The van der Waals surface area contributed by atoms with Crippen LogP contribution in [0.2, 0.25) is 0 Å². The van der Waals surface area contributed by atoms with Crippen LogP contribution in [0.5, 0.6) is 0 Å². The summed E-state index contributed by atoms with van der Waals surface area (Å²) in [5.41, 5.74) is 2.55. The molecule has 0 aliphatic heterocycles. The Hall–Kier alpha value is -2.18. The van der Waals surface area contributed by atoms with Crippen LogP contribution in [0.1, 0.15) is 41.8 Å². The molecule has 1 aromatic carbocycles. The Morgan fingerprint density at radius 3 is 2.56 bits per heavy atom. The van der Waals surface area contributed by atoms with Crippen molar-refractivity contribution in [3.8, 4) is 0 Å². The SMILES string of the molecule is CCCCc1ccc([C@H]([NH2+]CC(=O)N(C)CC(=O)NC)c2cccs2)cc1. The van der Waals surface area contributed by atoms with Gasteiger partial charge in [0.25, 0.3) is 5.91 Å². The summed E-state index contributed by atoms with van der Waals surface area (Å²) in [6.45, 7) is 2.58. The average molecular weight is 389 g/mol. The topological polar surface area (TPSA) is 66.0 Å². The van der Waals surface area contributed by atoms with E-state index in [4.69, 9.17) is 0 Å². The predicted molar refractivity (Wildman–Crippen MR) is 110 cm³/mol. The summed E-state index contributed by atoms with van der Waals surface area (Å²) in [5, 5.41) is 6.65. The number of carbonyl (C=O) groups is 2. The number of nitrogens with one attached hydrogen (secondary N) is 1. The van der Waals surface area contributed by atoms with Crippen molar-refractivity contribution in [2.45, 2.75) is 32.2 Å². The Labute approximate surface area is 165 Å². The number of carbonyl (C=O) groups excluding carboxylic acids is 2. The van der Waals surface area contributed by atoms with Crippen LogP contribution >= 0.6 is 11.3 Å². The molecule has 0 fully saturated rings. The van der Waals surface area contributed by atoms with Crippen LogP contribution in [0.3, 0.4) is 0 Å². The number of likely N-dealkylation sites (N-methyl/N-ethyl adjacent to an activating group) is 2. The smallest absolute Gasteiger partial charge is 0.277 e. The fraction of sp³-hybridized carbons (Fsp3) is 0.429. The second kappa shape index (κ2) is 10.8. The third-order valence-electron chi connectivity index (χ3n) is 4.62. The van der Waals surface area contributed by atoms with E-state index < -0.39 is 0 Å². The Morgan fingerprint density at radius 2 is 1.96 bits per heavy atom. The summed E-state index contributed by atoms with van der Waals surface area (Å²) in [7, 11) is 3.23. The van der Waals surface area contributed by atoms with Gasteiger partial charge < -0.3 is 15.5 Å². The van der Waals surface area contributed by atoms with Gasteiger partial charge in [-0.2, -0.15) is 0 Å². The molecule has 146 valence electrons. The molecule has 6 heteroatoms. The minimum atomic E-state index is -0.164. The number of hydrogen-bond donors (Lipinski definition) is 2. The molecule has 5 nitrogen and oxygen atoms in total. The van der Waals surface area contributed by atoms with Crippen LogP contribution in [0, 0.1) is 0 Å². The van der Waals surface area contributed by atoms with Crippen molar-refractivity contribution in [1.29, 1.82) is 0 Å². The maximum atomic E-state index is 12.4. The molecule has 2 amide bonds. The molecule has 0 saturated heterocycles. The van der Waals surface area contributed by atoms with Gasteiger partial charge in [0.1, 0.15) is 6.04 Å². The van der Waals surface area contributed by atoms with Crippen molar-refractivity contribution in [1.82, 2.24) is 10.2 Å². The number of nitrogens with zero attached hydrogens (tertiary/aromatic N) is 1. The van der Waals surface area contributed by atoms with E-state index in [9.17, 15) is 9.59 Å². The molecule has 0 spiro atoms. The van der Waals surface area contributed by atoms with Crippen LogP contribution in [0.4, 0.5) is 0 Å². The second-order valence-electron chi connectivity index (χ2n) is 6.70. The van der Waals surface area contributed by atoms with E-state index in [1.807, 2.05) is 6.07 Å². The van der Waals surface area contributed by atoms with E-state index in [2.05, 4.69) is 53.3 Å². The van der Waals surface area contributed by atoms with Crippen molar-refractivity contribution >= 4 is 23.2 Å². The van der Waals surface area contributed by atoms with Gasteiger partial charge in [0.05, 0.1) is 11.4 Å². The highest BCUT2D eigenvalue weighted by atomic mass is 32.1. The largest absolute Gasteiger partial charge is 0.358 e. The highest BCUT2D eigenvalue weighted by Gasteiger charge is 2.22. The van der Waals surface area contributed by atoms with Crippen LogP contribution in [0.15, 0.2) is 41.8 Å². The van der Waals surface area contributed by atoms with E-state index in [1.165, 1.54) is 33.7 Å². The van der Waals surface area contributed by atoms with Gasteiger partial charge in [-0.25, -0.2) is 0 Å². The number of unbranched alkanes of at least 4 members (excludes halogenated alkanes) is 1. The van der Waals surface area contributed by atoms with Gasteiger partial charge >= 0.3 is 0 Å². The predicted octanol–water partition coefficient (Wildman–Crippen LogP) is 1.95. The number of hydrogen-bond acceptors (Lipinski definition) is 3. The highest BCUT2D eigenvalue weighted by Crippen LogP contribution is 2.23. The Morgan fingerprint density at radius 1 is 1.22 bits per heavy atom.